The van der Waals surface area contributed by atoms with Crippen molar-refractivity contribution in [3.05, 3.63) is 71.4 Å². The van der Waals surface area contributed by atoms with Crippen LogP contribution in [0.4, 0.5) is 0 Å². The summed E-state index contributed by atoms with van der Waals surface area (Å²) in [5.74, 6) is -0.713. The van der Waals surface area contributed by atoms with E-state index >= 15 is 0 Å². The van der Waals surface area contributed by atoms with E-state index in [4.69, 9.17) is 4.74 Å². The number of aliphatic hydroxyl groups is 1. The van der Waals surface area contributed by atoms with Crippen molar-refractivity contribution in [3.63, 3.8) is 0 Å². The van der Waals surface area contributed by atoms with E-state index < -0.39 is 12.0 Å². The van der Waals surface area contributed by atoms with Gasteiger partial charge < -0.3 is 9.84 Å². The predicted octanol–water partition coefficient (Wildman–Crippen LogP) is 7.29. The molecule has 0 aromatic rings. The van der Waals surface area contributed by atoms with E-state index in [1.807, 2.05) is 58.9 Å². The number of carbonyl (C=O) groups is 3. The lowest BCUT2D eigenvalue weighted by molar-refractivity contribution is -0.143. The van der Waals surface area contributed by atoms with E-state index in [0.29, 0.717) is 12.3 Å². The van der Waals surface area contributed by atoms with E-state index in [-0.39, 0.29) is 41.4 Å². The topological polar surface area (TPSA) is 80.7 Å². The molecule has 1 rings (SSSR count). The van der Waals surface area contributed by atoms with Crippen LogP contribution in [0.2, 0.25) is 0 Å². The molecule has 216 valence electrons. The molecule has 5 heteroatoms. The first kappa shape index (κ1) is 34.2. The first-order chi connectivity index (χ1) is 18.2. The van der Waals surface area contributed by atoms with Gasteiger partial charge in [-0.1, -0.05) is 94.7 Å². The van der Waals surface area contributed by atoms with Crippen LogP contribution in [0.15, 0.2) is 71.4 Å². The number of ketones is 2. The summed E-state index contributed by atoms with van der Waals surface area (Å²) in [5, 5.41) is 10.8. The van der Waals surface area contributed by atoms with Gasteiger partial charge in [0.05, 0.1) is 6.10 Å². The number of hydrogen-bond acceptors (Lipinski definition) is 5. The average molecular weight is 539 g/mol. The lowest BCUT2D eigenvalue weighted by atomic mass is 9.83. The molecule has 0 fully saturated rings. The van der Waals surface area contributed by atoms with E-state index in [0.717, 1.165) is 24.0 Å². The normalized spacial score (nSPS) is 23.0. The Morgan fingerprint density at radius 3 is 2.36 bits per heavy atom. The summed E-state index contributed by atoms with van der Waals surface area (Å²) in [6, 6.07) is 0. The minimum atomic E-state index is -0.765. The lowest BCUT2D eigenvalue weighted by Gasteiger charge is -2.25. The highest BCUT2D eigenvalue weighted by Crippen LogP contribution is 2.24. The number of Topliss-reactive ketones (excluding diaryl/α,β-unsaturated/α-hetero) is 1. The second kappa shape index (κ2) is 17.0. The minimum absolute atomic E-state index is 0.00955. The molecule has 7 atom stereocenters. The van der Waals surface area contributed by atoms with E-state index in [2.05, 4.69) is 32.1 Å². The Morgan fingerprint density at radius 1 is 1.08 bits per heavy atom. The van der Waals surface area contributed by atoms with Gasteiger partial charge in [0.1, 0.15) is 11.9 Å². The molecule has 0 radical (unpaired) electrons. The number of carbonyl (C=O) groups excluding carboxylic acids is 3. The number of aliphatic hydroxyl groups excluding tert-OH is 1. The summed E-state index contributed by atoms with van der Waals surface area (Å²) in [6.07, 6.45) is 18.7. The van der Waals surface area contributed by atoms with Crippen molar-refractivity contribution in [3.8, 4) is 0 Å². The molecule has 0 saturated heterocycles. The van der Waals surface area contributed by atoms with Gasteiger partial charge >= 0.3 is 5.97 Å². The highest BCUT2D eigenvalue weighted by Gasteiger charge is 2.29. The number of cyclic esters (lactones) is 1. The van der Waals surface area contributed by atoms with Crippen molar-refractivity contribution in [2.45, 2.75) is 93.8 Å². The van der Waals surface area contributed by atoms with Gasteiger partial charge in [0.15, 0.2) is 5.78 Å². The molecule has 0 amide bonds. The Bertz CT molecular complexity index is 1020. The van der Waals surface area contributed by atoms with Gasteiger partial charge in [-0.25, -0.2) is 4.79 Å². The van der Waals surface area contributed by atoms with Crippen molar-refractivity contribution in [1.29, 1.82) is 0 Å². The number of hydrogen-bond donors (Lipinski definition) is 1. The van der Waals surface area contributed by atoms with Crippen LogP contribution >= 0.6 is 0 Å². The highest BCUT2D eigenvalue weighted by atomic mass is 16.5. The average Bonchev–Trinajstić information content (AvgIpc) is 2.86. The van der Waals surface area contributed by atoms with Gasteiger partial charge in [-0.3, -0.25) is 9.59 Å². The monoisotopic (exact) mass is 538 g/mol. The van der Waals surface area contributed by atoms with Crippen LogP contribution in [0.1, 0.15) is 81.6 Å². The van der Waals surface area contributed by atoms with Gasteiger partial charge in [-0.2, -0.15) is 0 Å². The molecule has 39 heavy (non-hydrogen) atoms. The maximum Gasteiger partial charge on any atom is 0.331 e. The predicted molar refractivity (Wildman–Crippen MR) is 160 cm³/mol. The molecule has 0 aromatic heterocycles. The summed E-state index contributed by atoms with van der Waals surface area (Å²) in [5.41, 5.74) is 3.13. The van der Waals surface area contributed by atoms with Crippen LogP contribution in [0.25, 0.3) is 0 Å². The molecule has 0 unspecified atom stereocenters. The molecule has 0 aromatic carbocycles. The maximum atomic E-state index is 13.0. The molecule has 0 bridgehead atoms. The van der Waals surface area contributed by atoms with Crippen molar-refractivity contribution < 1.29 is 24.2 Å². The van der Waals surface area contributed by atoms with Crippen molar-refractivity contribution in [2.24, 2.45) is 29.6 Å². The molecule has 0 aliphatic carbocycles. The summed E-state index contributed by atoms with van der Waals surface area (Å²) in [4.78, 5) is 35.8. The Hall–Kier alpha value is -2.79. The van der Waals surface area contributed by atoms with Crippen LogP contribution in [-0.4, -0.2) is 34.9 Å². The van der Waals surface area contributed by atoms with Crippen molar-refractivity contribution in [2.75, 3.05) is 0 Å². The minimum Gasteiger partial charge on any atom is -0.454 e. The third kappa shape index (κ3) is 12.7. The van der Waals surface area contributed by atoms with Crippen LogP contribution < -0.4 is 0 Å². The van der Waals surface area contributed by atoms with Crippen molar-refractivity contribution >= 4 is 17.5 Å². The SMILES string of the molecule is CCC(=C/[C@H](C)C/C=C/C(C)=C/[C@@H](C)C(=O)[C@@H](C)[C@H](O)[C@@H](C)C/C(C)=C/C(C)=O)/C=C/[C@@H]1OC(=O)C=C[C@@H]1C. The standard InChI is InChI=1S/C34H50O5/c1-10-30(15-16-31-25(5)14-17-32(36)39-31)21-23(3)13-11-12-22(2)18-26(6)33(37)29(9)34(38)27(7)19-24(4)20-28(8)35/h11-12,14-18,20-21,23,25-27,29,31,34,38H,10,13,19H2,1-9H3/b12-11+,16-15+,22-18+,24-20+,30-21-/t23-,25+,26-,27+,29-,31+,34-/m1/s1. The second-order valence-corrected chi connectivity index (χ2v) is 11.4. The van der Waals surface area contributed by atoms with Gasteiger partial charge in [-0.15, -0.1) is 0 Å². The molecule has 1 heterocycles. The van der Waals surface area contributed by atoms with Crippen LogP contribution in [0, 0.1) is 29.6 Å². The van der Waals surface area contributed by atoms with Gasteiger partial charge in [0.25, 0.3) is 0 Å². The Labute approximate surface area is 236 Å². The van der Waals surface area contributed by atoms with Gasteiger partial charge in [0.2, 0.25) is 0 Å². The highest BCUT2D eigenvalue weighted by molar-refractivity contribution is 5.88. The Morgan fingerprint density at radius 2 is 1.74 bits per heavy atom. The zero-order valence-electron chi connectivity index (χ0n) is 25.4. The van der Waals surface area contributed by atoms with Crippen molar-refractivity contribution in [1.82, 2.24) is 0 Å². The van der Waals surface area contributed by atoms with Gasteiger partial charge in [-0.05, 0) is 64.0 Å². The molecule has 0 spiro atoms. The fourth-order valence-electron chi connectivity index (χ4n) is 4.89. The smallest absolute Gasteiger partial charge is 0.331 e. The molecule has 5 nitrogen and oxygen atoms in total. The van der Waals surface area contributed by atoms with E-state index in [1.165, 1.54) is 18.6 Å². The molecule has 0 saturated carbocycles. The fourth-order valence-corrected chi connectivity index (χ4v) is 4.89. The lowest BCUT2D eigenvalue weighted by Crippen LogP contribution is -2.34. The third-order valence-electron chi connectivity index (χ3n) is 7.20. The first-order valence-corrected chi connectivity index (χ1v) is 14.3. The molecule has 1 aliphatic heterocycles. The molecule has 1 aliphatic rings. The first-order valence-electron chi connectivity index (χ1n) is 14.3. The number of ether oxygens (including phenoxy) is 1. The van der Waals surface area contributed by atoms with E-state index in [9.17, 15) is 19.5 Å². The fraction of sp³-hybridized carbons (Fsp3) is 0.559. The second-order valence-electron chi connectivity index (χ2n) is 11.4. The van der Waals surface area contributed by atoms with Crippen LogP contribution in [0.3, 0.4) is 0 Å². The molecular weight excluding hydrogens is 488 g/mol. The number of esters is 1. The largest absolute Gasteiger partial charge is 0.454 e. The van der Waals surface area contributed by atoms with E-state index in [1.54, 1.807) is 13.0 Å². The summed E-state index contributed by atoms with van der Waals surface area (Å²) >= 11 is 0. The quantitative estimate of drug-likeness (QED) is 0.135. The van der Waals surface area contributed by atoms with Gasteiger partial charge in [0, 0.05) is 23.8 Å². The summed E-state index contributed by atoms with van der Waals surface area (Å²) in [6.45, 7) is 17.3. The molecular formula is C34H50O5. The summed E-state index contributed by atoms with van der Waals surface area (Å²) < 4.78 is 5.40. The zero-order chi connectivity index (χ0) is 29.7. The Kier molecular flexibility index (Phi) is 14.9. The number of rotatable bonds is 15. The third-order valence-corrected chi connectivity index (χ3v) is 7.20. The van der Waals surface area contributed by atoms with Crippen LogP contribution in [-0.2, 0) is 19.1 Å². The maximum absolute atomic E-state index is 13.0. The van der Waals surface area contributed by atoms with Crippen LogP contribution in [0.5, 0.6) is 0 Å². The zero-order valence-corrected chi connectivity index (χ0v) is 25.4. The molecule has 1 N–H and O–H groups in total. The number of allylic oxidation sites excluding steroid dienone is 9. The Balaban J connectivity index is 2.69. The summed E-state index contributed by atoms with van der Waals surface area (Å²) in [7, 11) is 0.